The van der Waals surface area contributed by atoms with Gasteiger partial charge in [-0.15, -0.1) is 12.4 Å². The van der Waals surface area contributed by atoms with Crippen molar-refractivity contribution < 1.29 is 14.0 Å². The highest BCUT2D eigenvalue weighted by Gasteiger charge is 2.25. The number of hydrogen-bond donors (Lipinski definition) is 1. The first-order valence-electron chi connectivity index (χ1n) is 11.0. The third kappa shape index (κ3) is 4.89. The van der Waals surface area contributed by atoms with Crippen LogP contribution >= 0.6 is 24.0 Å². The molecule has 2 amide bonds. The number of carbonyl (C=O) groups is 2. The number of benzene rings is 2. The minimum atomic E-state index is -0.194. The molecule has 1 N–H and O–H groups in total. The molecule has 1 aromatic heterocycles. The second kappa shape index (κ2) is 10.1. The molecule has 1 saturated heterocycles. The maximum atomic E-state index is 13.1. The minimum Gasteiger partial charge on any atom is -0.457 e. The van der Waals surface area contributed by atoms with Crippen LogP contribution in [0.4, 0.5) is 5.69 Å². The molecule has 8 heteroatoms. The van der Waals surface area contributed by atoms with Gasteiger partial charge in [-0.1, -0.05) is 23.7 Å². The molecule has 0 spiro atoms. The van der Waals surface area contributed by atoms with Gasteiger partial charge < -0.3 is 19.5 Å². The molecular weight excluding hydrogens is 473 g/mol. The molecule has 0 aliphatic carbocycles. The lowest BCUT2D eigenvalue weighted by molar-refractivity contribution is -0.110. The zero-order chi connectivity index (χ0) is 22.9. The Balaban J connectivity index is 0.00000274. The summed E-state index contributed by atoms with van der Waals surface area (Å²) >= 11 is 6.11. The first kappa shape index (κ1) is 24.1. The van der Waals surface area contributed by atoms with Crippen molar-refractivity contribution >= 4 is 53.2 Å². The Morgan fingerprint density at radius 1 is 1.06 bits per heavy atom. The molecule has 1 fully saturated rings. The summed E-state index contributed by atoms with van der Waals surface area (Å²) in [5, 5.41) is 3.40. The summed E-state index contributed by atoms with van der Waals surface area (Å²) < 4.78 is 6.02. The number of nitrogens with one attached hydrogen (secondary N) is 1. The number of likely N-dealkylation sites (N-methyl/N-ethyl adjacent to an activating group) is 1. The molecule has 3 aromatic rings. The SMILES string of the molecule is CN1CCCN(C(=O)c2cccc(-c3ccc(/C=C4/C(=O)Nc5ccc(Cl)cc54)o3)c2)CC1.Cl. The first-order chi connectivity index (χ1) is 16.0. The average Bonchev–Trinajstić information content (AvgIpc) is 3.33. The summed E-state index contributed by atoms with van der Waals surface area (Å²) in [5.41, 5.74) is 3.45. The van der Waals surface area contributed by atoms with Gasteiger partial charge >= 0.3 is 0 Å². The molecule has 0 radical (unpaired) electrons. The normalized spacial score (nSPS) is 17.2. The molecule has 34 heavy (non-hydrogen) atoms. The molecule has 2 aromatic carbocycles. The highest BCUT2D eigenvalue weighted by atomic mass is 35.5. The van der Waals surface area contributed by atoms with Crippen LogP contribution in [-0.2, 0) is 4.79 Å². The predicted octanol–water partition coefficient (Wildman–Crippen LogP) is 5.29. The van der Waals surface area contributed by atoms with Crippen LogP contribution in [-0.4, -0.2) is 54.8 Å². The second-order valence-electron chi connectivity index (χ2n) is 8.43. The molecule has 2 aliphatic heterocycles. The van der Waals surface area contributed by atoms with Crippen molar-refractivity contribution in [3.05, 3.63) is 76.5 Å². The fourth-order valence-electron chi connectivity index (χ4n) is 4.27. The molecule has 6 nitrogen and oxygen atoms in total. The van der Waals surface area contributed by atoms with Crippen molar-refractivity contribution in [2.45, 2.75) is 6.42 Å². The van der Waals surface area contributed by atoms with E-state index in [4.69, 9.17) is 16.0 Å². The average molecular weight is 498 g/mol. The van der Waals surface area contributed by atoms with Crippen LogP contribution in [0.25, 0.3) is 23.0 Å². The Hall–Kier alpha value is -3.06. The van der Waals surface area contributed by atoms with Crippen LogP contribution in [0, 0.1) is 0 Å². The fourth-order valence-corrected chi connectivity index (χ4v) is 4.44. The maximum Gasteiger partial charge on any atom is 0.256 e. The van der Waals surface area contributed by atoms with Crippen LogP contribution in [0.15, 0.2) is 59.0 Å². The number of fused-ring (bicyclic) bond motifs is 1. The summed E-state index contributed by atoms with van der Waals surface area (Å²) in [6.07, 6.45) is 2.68. The van der Waals surface area contributed by atoms with Crippen LogP contribution in [0.2, 0.25) is 5.02 Å². The van der Waals surface area contributed by atoms with Gasteiger partial charge in [-0.3, -0.25) is 9.59 Å². The van der Waals surface area contributed by atoms with Crippen molar-refractivity contribution in [1.29, 1.82) is 0 Å². The van der Waals surface area contributed by atoms with Gasteiger partial charge in [-0.05, 0) is 68.6 Å². The van der Waals surface area contributed by atoms with Gasteiger partial charge in [0.2, 0.25) is 0 Å². The van der Waals surface area contributed by atoms with Crippen molar-refractivity contribution in [2.75, 3.05) is 38.5 Å². The first-order valence-corrected chi connectivity index (χ1v) is 11.4. The molecule has 2 aliphatic rings. The van der Waals surface area contributed by atoms with E-state index in [2.05, 4.69) is 17.3 Å². The standard InChI is InChI=1S/C26H24ClN3O3.ClH/c1-29-10-3-11-30(13-12-29)26(32)18-5-2-4-17(14-18)24-9-7-20(33-24)16-22-21-15-19(27)6-8-23(21)28-25(22)31;/h2,4-9,14-16H,3,10-13H2,1H3,(H,28,31);1H/b22-16+;. The van der Waals surface area contributed by atoms with Gasteiger partial charge in [0, 0.05) is 47.0 Å². The Morgan fingerprint density at radius 2 is 1.91 bits per heavy atom. The van der Waals surface area contributed by atoms with Crippen molar-refractivity contribution in [2.24, 2.45) is 0 Å². The second-order valence-corrected chi connectivity index (χ2v) is 8.87. The predicted molar refractivity (Wildman–Crippen MR) is 137 cm³/mol. The van der Waals surface area contributed by atoms with E-state index in [-0.39, 0.29) is 24.2 Å². The number of halogens is 2. The Labute approximate surface area is 209 Å². The van der Waals surface area contributed by atoms with Crippen molar-refractivity contribution in [3.8, 4) is 11.3 Å². The highest BCUT2D eigenvalue weighted by Crippen LogP contribution is 2.35. The number of nitrogens with zero attached hydrogens (tertiary/aromatic N) is 2. The van der Waals surface area contributed by atoms with Gasteiger partial charge in [-0.2, -0.15) is 0 Å². The van der Waals surface area contributed by atoms with Crippen LogP contribution in [0.1, 0.15) is 28.1 Å². The van der Waals surface area contributed by atoms with Crippen molar-refractivity contribution in [3.63, 3.8) is 0 Å². The van der Waals surface area contributed by atoms with Gasteiger partial charge in [-0.25, -0.2) is 0 Å². The number of furan rings is 1. The van der Waals surface area contributed by atoms with Crippen molar-refractivity contribution in [1.82, 2.24) is 9.80 Å². The Kier molecular flexibility index (Phi) is 7.12. The number of rotatable bonds is 3. The van der Waals surface area contributed by atoms with Gasteiger partial charge in [0.05, 0.1) is 5.57 Å². The smallest absolute Gasteiger partial charge is 0.256 e. The van der Waals surface area contributed by atoms with E-state index in [1.54, 1.807) is 24.3 Å². The quantitative estimate of drug-likeness (QED) is 0.499. The highest BCUT2D eigenvalue weighted by molar-refractivity contribution is 6.36. The van der Waals surface area contributed by atoms with E-state index in [0.29, 0.717) is 27.7 Å². The number of anilines is 1. The molecule has 0 atom stereocenters. The number of carbonyl (C=O) groups excluding carboxylic acids is 2. The van der Waals surface area contributed by atoms with Gasteiger partial charge in [0.1, 0.15) is 11.5 Å². The summed E-state index contributed by atoms with van der Waals surface area (Å²) in [7, 11) is 2.08. The third-order valence-electron chi connectivity index (χ3n) is 6.08. The topological polar surface area (TPSA) is 65.8 Å². The van der Waals surface area contributed by atoms with E-state index < -0.39 is 0 Å². The molecule has 0 unspecified atom stereocenters. The van der Waals surface area contributed by atoms with E-state index in [1.807, 2.05) is 41.3 Å². The van der Waals surface area contributed by atoms with E-state index in [9.17, 15) is 9.59 Å². The summed E-state index contributed by atoms with van der Waals surface area (Å²) in [6.45, 7) is 3.37. The molecular formula is C26H25Cl2N3O3. The van der Waals surface area contributed by atoms with Crippen LogP contribution < -0.4 is 5.32 Å². The fraction of sp³-hybridized carbons (Fsp3) is 0.231. The van der Waals surface area contributed by atoms with Crippen LogP contribution in [0.3, 0.4) is 0 Å². The zero-order valence-electron chi connectivity index (χ0n) is 18.7. The Morgan fingerprint density at radius 3 is 2.76 bits per heavy atom. The maximum absolute atomic E-state index is 13.1. The van der Waals surface area contributed by atoms with Gasteiger partial charge in [0.15, 0.2) is 0 Å². The molecule has 0 bridgehead atoms. The monoisotopic (exact) mass is 497 g/mol. The number of amides is 2. The molecule has 176 valence electrons. The molecule has 5 rings (SSSR count). The largest absolute Gasteiger partial charge is 0.457 e. The summed E-state index contributed by atoms with van der Waals surface area (Å²) in [6, 6.07) is 16.5. The third-order valence-corrected chi connectivity index (χ3v) is 6.31. The van der Waals surface area contributed by atoms with E-state index in [0.717, 1.165) is 49.4 Å². The van der Waals surface area contributed by atoms with Gasteiger partial charge in [0.25, 0.3) is 11.8 Å². The summed E-state index contributed by atoms with van der Waals surface area (Å²) in [4.78, 5) is 29.7. The lowest BCUT2D eigenvalue weighted by Gasteiger charge is -2.20. The molecule has 0 saturated carbocycles. The lowest BCUT2D eigenvalue weighted by Crippen LogP contribution is -2.34. The lowest BCUT2D eigenvalue weighted by atomic mass is 10.1. The van der Waals surface area contributed by atoms with Crippen LogP contribution in [0.5, 0.6) is 0 Å². The van der Waals surface area contributed by atoms with E-state index in [1.165, 1.54) is 0 Å². The zero-order valence-corrected chi connectivity index (χ0v) is 20.3. The minimum absolute atomic E-state index is 0. The van der Waals surface area contributed by atoms with E-state index >= 15 is 0 Å². The Bertz CT molecular complexity index is 1270. The number of hydrogen-bond acceptors (Lipinski definition) is 4. The summed E-state index contributed by atoms with van der Waals surface area (Å²) in [5.74, 6) is 1.03. The molecule has 3 heterocycles.